The summed E-state index contributed by atoms with van der Waals surface area (Å²) in [6.45, 7) is 3.25. The van der Waals surface area contributed by atoms with Crippen molar-refractivity contribution in [2.45, 2.75) is 25.9 Å². The number of benzene rings is 2. The molecule has 0 unspecified atom stereocenters. The summed E-state index contributed by atoms with van der Waals surface area (Å²) in [6.07, 6.45) is 2.16. The van der Waals surface area contributed by atoms with Gasteiger partial charge in [0.1, 0.15) is 5.69 Å². The van der Waals surface area contributed by atoms with E-state index in [9.17, 15) is 4.79 Å². The molecule has 0 saturated carbocycles. The van der Waals surface area contributed by atoms with E-state index in [2.05, 4.69) is 5.32 Å². The van der Waals surface area contributed by atoms with Crippen molar-refractivity contribution in [2.75, 3.05) is 13.2 Å². The maximum Gasteiger partial charge on any atom is 0.255 e. The average Bonchev–Trinajstić information content (AvgIpc) is 3.35. The van der Waals surface area contributed by atoms with E-state index in [0.717, 1.165) is 36.4 Å². The van der Waals surface area contributed by atoms with Crippen molar-refractivity contribution >= 4 is 5.91 Å². The number of carbonyl (C=O) groups excluding carboxylic acids is 1. The van der Waals surface area contributed by atoms with Gasteiger partial charge in [-0.25, -0.2) is 4.68 Å². The fraction of sp³-hybridized carbons (Fsp3) is 0.273. The molecule has 4 rings (SSSR count). The van der Waals surface area contributed by atoms with Crippen LogP contribution in [0.4, 0.5) is 0 Å². The lowest BCUT2D eigenvalue weighted by atomic mass is 10.1. The molecule has 1 aliphatic heterocycles. The van der Waals surface area contributed by atoms with E-state index in [-0.39, 0.29) is 12.0 Å². The summed E-state index contributed by atoms with van der Waals surface area (Å²) in [5, 5.41) is 7.82. The van der Waals surface area contributed by atoms with Gasteiger partial charge in [0.05, 0.1) is 23.0 Å². The summed E-state index contributed by atoms with van der Waals surface area (Å²) < 4.78 is 7.46. The van der Waals surface area contributed by atoms with Crippen LogP contribution in [-0.4, -0.2) is 34.9 Å². The monoisotopic (exact) mass is 361 g/mol. The van der Waals surface area contributed by atoms with E-state index in [0.29, 0.717) is 17.8 Å². The van der Waals surface area contributed by atoms with Crippen molar-refractivity contribution in [1.82, 2.24) is 15.1 Å². The Bertz CT molecular complexity index is 913. The third-order valence-electron chi connectivity index (χ3n) is 4.91. The molecule has 0 aliphatic carbocycles. The highest BCUT2D eigenvalue weighted by molar-refractivity contribution is 6.01. The first-order chi connectivity index (χ1) is 13.2. The van der Waals surface area contributed by atoms with Crippen LogP contribution in [0.15, 0.2) is 60.7 Å². The normalized spacial score (nSPS) is 16.4. The van der Waals surface area contributed by atoms with Crippen LogP contribution in [0, 0.1) is 6.92 Å². The Morgan fingerprint density at radius 3 is 2.52 bits per heavy atom. The van der Waals surface area contributed by atoms with Gasteiger partial charge in [-0.2, -0.15) is 5.10 Å². The van der Waals surface area contributed by atoms with Crippen LogP contribution in [0.1, 0.15) is 28.9 Å². The van der Waals surface area contributed by atoms with E-state index in [1.165, 1.54) is 0 Å². The summed E-state index contributed by atoms with van der Waals surface area (Å²) in [5.41, 5.74) is 4.00. The van der Waals surface area contributed by atoms with Crippen molar-refractivity contribution in [3.8, 4) is 16.9 Å². The van der Waals surface area contributed by atoms with Gasteiger partial charge in [-0.3, -0.25) is 4.79 Å². The zero-order chi connectivity index (χ0) is 18.6. The van der Waals surface area contributed by atoms with Crippen molar-refractivity contribution in [1.29, 1.82) is 0 Å². The molecule has 0 radical (unpaired) electrons. The van der Waals surface area contributed by atoms with Gasteiger partial charge in [-0.15, -0.1) is 0 Å². The quantitative estimate of drug-likeness (QED) is 0.753. The number of aromatic nitrogens is 2. The Morgan fingerprint density at radius 1 is 1.15 bits per heavy atom. The first-order valence-corrected chi connectivity index (χ1v) is 9.34. The molecule has 2 heterocycles. The third kappa shape index (κ3) is 3.64. The SMILES string of the molecule is Cc1c(C(=O)NC[C@@H]2CCCO2)c(-c2ccccc2)nn1-c1ccccc1. The number of hydrogen-bond acceptors (Lipinski definition) is 3. The molecule has 1 saturated heterocycles. The second-order valence-electron chi connectivity index (χ2n) is 6.77. The number of rotatable bonds is 5. The van der Waals surface area contributed by atoms with Crippen LogP contribution in [0.3, 0.4) is 0 Å². The zero-order valence-corrected chi connectivity index (χ0v) is 15.4. The number of hydrogen-bond donors (Lipinski definition) is 1. The minimum absolute atomic E-state index is 0.107. The Labute approximate surface area is 159 Å². The highest BCUT2D eigenvalue weighted by Crippen LogP contribution is 2.27. The van der Waals surface area contributed by atoms with Gasteiger partial charge in [0, 0.05) is 18.7 Å². The minimum Gasteiger partial charge on any atom is -0.376 e. The topological polar surface area (TPSA) is 56.1 Å². The molecule has 0 spiro atoms. The van der Waals surface area contributed by atoms with Crippen molar-refractivity contribution in [2.24, 2.45) is 0 Å². The van der Waals surface area contributed by atoms with Crippen molar-refractivity contribution in [3.05, 3.63) is 71.9 Å². The maximum atomic E-state index is 13.0. The lowest BCUT2D eigenvalue weighted by molar-refractivity contribution is 0.0857. The van der Waals surface area contributed by atoms with Gasteiger partial charge in [0.15, 0.2) is 0 Å². The molecule has 1 atom stereocenters. The fourth-order valence-corrected chi connectivity index (χ4v) is 3.49. The molecule has 5 nitrogen and oxygen atoms in total. The molecule has 1 fully saturated rings. The van der Waals surface area contributed by atoms with E-state index in [1.54, 1.807) is 0 Å². The van der Waals surface area contributed by atoms with Gasteiger partial charge in [0.25, 0.3) is 5.91 Å². The van der Waals surface area contributed by atoms with Crippen molar-refractivity contribution in [3.63, 3.8) is 0 Å². The number of carbonyl (C=O) groups is 1. The Morgan fingerprint density at radius 2 is 1.85 bits per heavy atom. The molecule has 1 aliphatic rings. The zero-order valence-electron chi connectivity index (χ0n) is 15.4. The second-order valence-corrected chi connectivity index (χ2v) is 6.77. The third-order valence-corrected chi connectivity index (χ3v) is 4.91. The van der Waals surface area contributed by atoms with Crippen LogP contribution in [0.5, 0.6) is 0 Å². The van der Waals surface area contributed by atoms with E-state index in [1.807, 2.05) is 72.3 Å². The summed E-state index contributed by atoms with van der Waals surface area (Å²) >= 11 is 0. The maximum absolute atomic E-state index is 13.0. The van der Waals surface area contributed by atoms with Gasteiger partial charge in [-0.1, -0.05) is 48.5 Å². The van der Waals surface area contributed by atoms with Crippen LogP contribution in [0.25, 0.3) is 16.9 Å². The van der Waals surface area contributed by atoms with Gasteiger partial charge < -0.3 is 10.1 Å². The molecule has 1 aromatic heterocycles. The molecule has 0 bridgehead atoms. The minimum atomic E-state index is -0.107. The molecule has 138 valence electrons. The van der Waals surface area contributed by atoms with Crippen LogP contribution in [0.2, 0.25) is 0 Å². The van der Waals surface area contributed by atoms with Crippen LogP contribution in [-0.2, 0) is 4.74 Å². The van der Waals surface area contributed by atoms with E-state index in [4.69, 9.17) is 9.84 Å². The highest BCUT2D eigenvalue weighted by atomic mass is 16.5. The highest BCUT2D eigenvalue weighted by Gasteiger charge is 2.24. The standard InChI is InChI=1S/C22H23N3O2/c1-16-20(22(26)23-15-19-13-8-14-27-19)21(17-9-4-2-5-10-17)24-25(16)18-11-6-3-7-12-18/h2-7,9-12,19H,8,13-15H2,1H3,(H,23,26)/t19-/m0/s1. The molecule has 1 amide bonds. The second kappa shape index (κ2) is 7.76. The first kappa shape index (κ1) is 17.5. The van der Waals surface area contributed by atoms with E-state index < -0.39 is 0 Å². The summed E-state index contributed by atoms with van der Waals surface area (Å²) in [4.78, 5) is 13.0. The number of nitrogens with one attached hydrogen (secondary N) is 1. The summed E-state index contributed by atoms with van der Waals surface area (Å²) in [5.74, 6) is -0.107. The molecule has 3 aromatic rings. The largest absolute Gasteiger partial charge is 0.376 e. The number of nitrogens with zero attached hydrogens (tertiary/aromatic N) is 2. The summed E-state index contributed by atoms with van der Waals surface area (Å²) in [7, 11) is 0. The summed E-state index contributed by atoms with van der Waals surface area (Å²) in [6, 6.07) is 19.7. The number of para-hydroxylation sites is 1. The van der Waals surface area contributed by atoms with Crippen LogP contribution >= 0.6 is 0 Å². The molecule has 5 heteroatoms. The van der Waals surface area contributed by atoms with E-state index >= 15 is 0 Å². The Hall–Kier alpha value is -2.92. The first-order valence-electron chi connectivity index (χ1n) is 9.34. The lowest BCUT2D eigenvalue weighted by Crippen LogP contribution is -2.32. The molecule has 2 aromatic carbocycles. The molecule has 1 N–H and O–H groups in total. The smallest absolute Gasteiger partial charge is 0.255 e. The lowest BCUT2D eigenvalue weighted by Gasteiger charge is -2.11. The predicted octanol–water partition coefficient (Wildman–Crippen LogP) is 3.76. The van der Waals surface area contributed by atoms with Crippen molar-refractivity contribution < 1.29 is 9.53 Å². The number of ether oxygens (including phenoxy) is 1. The molecular weight excluding hydrogens is 338 g/mol. The average molecular weight is 361 g/mol. The predicted molar refractivity (Wildman–Crippen MR) is 105 cm³/mol. The Balaban J connectivity index is 1.71. The molecule has 27 heavy (non-hydrogen) atoms. The Kier molecular flexibility index (Phi) is 5.03. The van der Waals surface area contributed by atoms with Gasteiger partial charge >= 0.3 is 0 Å². The van der Waals surface area contributed by atoms with Crippen LogP contribution < -0.4 is 5.32 Å². The van der Waals surface area contributed by atoms with Gasteiger partial charge in [-0.05, 0) is 31.9 Å². The number of amides is 1. The van der Waals surface area contributed by atoms with Gasteiger partial charge in [0.2, 0.25) is 0 Å². The fourth-order valence-electron chi connectivity index (χ4n) is 3.49. The molecular formula is C22H23N3O2.